The van der Waals surface area contributed by atoms with Crippen molar-refractivity contribution in [1.82, 2.24) is 0 Å². The summed E-state index contributed by atoms with van der Waals surface area (Å²) in [6, 6.07) is 8.13. The van der Waals surface area contributed by atoms with Crippen molar-refractivity contribution in [3.05, 3.63) is 29.8 Å². The summed E-state index contributed by atoms with van der Waals surface area (Å²) >= 11 is 1.38. The maximum atomic E-state index is 11.3. The molecule has 12 heavy (non-hydrogen) atoms. The normalized spacial score (nSPS) is 22.1. The fourth-order valence-corrected chi connectivity index (χ4v) is 2.32. The molecule has 0 saturated carbocycles. The van der Waals surface area contributed by atoms with Gasteiger partial charge in [0.1, 0.15) is 0 Å². The summed E-state index contributed by atoms with van der Waals surface area (Å²) in [5, 5.41) is 0.300. The van der Waals surface area contributed by atoms with Gasteiger partial charge in [-0.1, -0.05) is 36.9 Å². The molecule has 2 heteroatoms. The van der Waals surface area contributed by atoms with Crippen LogP contribution in [0.15, 0.2) is 29.2 Å². The molecule has 1 aromatic rings. The van der Waals surface area contributed by atoms with Crippen LogP contribution in [0.4, 0.5) is 0 Å². The monoisotopic (exact) mass is 178 g/mol. The first-order valence-electron chi connectivity index (χ1n) is 4.07. The first-order chi connectivity index (χ1) is 5.77. The molecule has 1 nitrogen and oxygen atoms in total. The van der Waals surface area contributed by atoms with Crippen molar-refractivity contribution in [2.75, 3.05) is 0 Å². The number of carbonyl (C=O) groups is 1. The number of rotatable bonds is 0. The van der Waals surface area contributed by atoms with Crippen molar-refractivity contribution in [1.29, 1.82) is 0 Å². The summed E-state index contributed by atoms with van der Waals surface area (Å²) in [7, 11) is 0. The summed E-state index contributed by atoms with van der Waals surface area (Å²) in [4.78, 5) is 12.5. The first-order valence-corrected chi connectivity index (χ1v) is 4.88. The second kappa shape index (κ2) is 2.94. The number of benzene rings is 1. The fourth-order valence-electron chi connectivity index (χ4n) is 1.39. The molecule has 0 radical (unpaired) electrons. The standard InChI is InChI=1S/C10H10OS/c1-7-6-8-4-2-3-5-9(8)12-10(7)11/h2-5,7H,6H2,1H3. The van der Waals surface area contributed by atoms with Crippen LogP contribution in [0.25, 0.3) is 0 Å². The largest absolute Gasteiger partial charge is 0.287 e. The van der Waals surface area contributed by atoms with Crippen LogP contribution in [0, 0.1) is 5.92 Å². The fraction of sp³-hybridized carbons (Fsp3) is 0.300. The van der Waals surface area contributed by atoms with Crippen molar-refractivity contribution in [3.8, 4) is 0 Å². The van der Waals surface area contributed by atoms with E-state index in [2.05, 4.69) is 6.07 Å². The third kappa shape index (κ3) is 1.27. The highest BCUT2D eigenvalue weighted by atomic mass is 32.2. The SMILES string of the molecule is CC1Cc2ccccc2SC1=O. The Morgan fingerprint density at radius 1 is 1.42 bits per heavy atom. The Labute approximate surface area is 76.2 Å². The second-order valence-corrected chi connectivity index (χ2v) is 4.18. The van der Waals surface area contributed by atoms with Crippen LogP contribution in [0.2, 0.25) is 0 Å². The predicted molar refractivity (Wildman–Crippen MR) is 50.2 cm³/mol. The number of carbonyl (C=O) groups excluding carboxylic acids is 1. The minimum Gasteiger partial charge on any atom is -0.287 e. The van der Waals surface area contributed by atoms with Crippen LogP contribution in [0.3, 0.4) is 0 Å². The molecule has 1 aromatic carbocycles. The molecule has 0 aliphatic carbocycles. The number of fused-ring (bicyclic) bond motifs is 1. The van der Waals surface area contributed by atoms with E-state index < -0.39 is 0 Å². The van der Waals surface area contributed by atoms with Crippen LogP contribution >= 0.6 is 11.8 Å². The maximum absolute atomic E-state index is 11.3. The van der Waals surface area contributed by atoms with Gasteiger partial charge < -0.3 is 0 Å². The molecular weight excluding hydrogens is 168 g/mol. The molecular formula is C10H10OS. The minimum atomic E-state index is 0.185. The van der Waals surface area contributed by atoms with Gasteiger partial charge in [-0.15, -0.1) is 0 Å². The van der Waals surface area contributed by atoms with Gasteiger partial charge in [0, 0.05) is 10.8 Å². The lowest BCUT2D eigenvalue weighted by Crippen LogP contribution is -2.15. The van der Waals surface area contributed by atoms with Gasteiger partial charge in [-0.25, -0.2) is 0 Å². The topological polar surface area (TPSA) is 17.1 Å². The predicted octanol–water partition coefficient (Wildman–Crippen LogP) is 2.50. The zero-order chi connectivity index (χ0) is 8.55. The molecule has 0 saturated heterocycles. The van der Waals surface area contributed by atoms with Gasteiger partial charge in [-0.2, -0.15) is 0 Å². The van der Waals surface area contributed by atoms with Gasteiger partial charge in [0.2, 0.25) is 0 Å². The summed E-state index contributed by atoms with van der Waals surface area (Å²) < 4.78 is 0. The van der Waals surface area contributed by atoms with Crippen LogP contribution < -0.4 is 0 Å². The molecule has 0 spiro atoms. The molecule has 1 heterocycles. The van der Waals surface area contributed by atoms with Crippen molar-refractivity contribution < 1.29 is 4.79 Å². The van der Waals surface area contributed by atoms with E-state index >= 15 is 0 Å². The van der Waals surface area contributed by atoms with E-state index in [9.17, 15) is 4.79 Å². The van der Waals surface area contributed by atoms with Crippen molar-refractivity contribution >= 4 is 16.9 Å². The van der Waals surface area contributed by atoms with Gasteiger partial charge in [0.05, 0.1) is 0 Å². The Hall–Kier alpha value is -0.760. The quantitative estimate of drug-likeness (QED) is 0.607. The Morgan fingerprint density at radius 3 is 3.00 bits per heavy atom. The molecule has 2 rings (SSSR count). The van der Waals surface area contributed by atoms with Gasteiger partial charge in [0.25, 0.3) is 0 Å². The van der Waals surface area contributed by atoms with E-state index in [1.54, 1.807) is 0 Å². The lowest BCUT2D eigenvalue weighted by atomic mass is 10.0. The Kier molecular flexibility index (Phi) is 1.93. The van der Waals surface area contributed by atoms with Crippen molar-refractivity contribution in [3.63, 3.8) is 0 Å². The van der Waals surface area contributed by atoms with Gasteiger partial charge >= 0.3 is 0 Å². The number of thioether (sulfide) groups is 1. The molecule has 0 amide bonds. The average Bonchev–Trinajstić information content (AvgIpc) is 2.07. The maximum Gasteiger partial charge on any atom is 0.196 e. The van der Waals surface area contributed by atoms with E-state index in [1.165, 1.54) is 17.3 Å². The molecule has 1 aliphatic rings. The highest BCUT2D eigenvalue weighted by Crippen LogP contribution is 2.33. The lowest BCUT2D eigenvalue weighted by Gasteiger charge is -2.18. The zero-order valence-electron chi connectivity index (χ0n) is 6.91. The van der Waals surface area contributed by atoms with Gasteiger partial charge in [-0.05, 0) is 18.1 Å². The third-order valence-electron chi connectivity index (χ3n) is 2.11. The molecule has 0 fully saturated rings. The summed E-state index contributed by atoms with van der Waals surface area (Å²) in [6.45, 7) is 1.99. The molecule has 62 valence electrons. The summed E-state index contributed by atoms with van der Waals surface area (Å²) in [5.41, 5.74) is 1.31. The van der Waals surface area contributed by atoms with E-state index in [4.69, 9.17) is 0 Å². The van der Waals surface area contributed by atoms with Crippen LogP contribution in [-0.2, 0) is 11.2 Å². The number of hydrogen-bond acceptors (Lipinski definition) is 2. The van der Waals surface area contributed by atoms with E-state index in [0.29, 0.717) is 5.12 Å². The number of hydrogen-bond donors (Lipinski definition) is 0. The van der Waals surface area contributed by atoms with Crippen LogP contribution in [0.5, 0.6) is 0 Å². The van der Waals surface area contributed by atoms with Crippen molar-refractivity contribution in [2.24, 2.45) is 5.92 Å². The van der Waals surface area contributed by atoms with Gasteiger partial charge in [0.15, 0.2) is 5.12 Å². The van der Waals surface area contributed by atoms with Gasteiger partial charge in [-0.3, -0.25) is 4.79 Å². The van der Waals surface area contributed by atoms with Crippen LogP contribution in [0.1, 0.15) is 12.5 Å². The van der Waals surface area contributed by atoms with E-state index in [-0.39, 0.29) is 5.92 Å². The highest BCUT2D eigenvalue weighted by molar-refractivity contribution is 8.13. The highest BCUT2D eigenvalue weighted by Gasteiger charge is 2.22. The molecule has 1 unspecified atom stereocenters. The van der Waals surface area contributed by atoms with E-state index in [0.717, 1.165) is 11.3 Å². The zero-order valence-corrected chi connectivity index (χ0v) is 7.73. The summed E-state index contributed by atoms with van der Waals surface area (Å²) in [5.74, 6) is 0.185. The molecule has 0 bridgehead atoms. The first kappa shape index (κ1) is 7.87. The molecule has 0 aromatic heterocycles. The Bertz CT molecular complexity index is 319. The molecule has 1 atom stereocenters. The molecule has 1 aliphatic heterocycles. The second-order valence-electron chi connectivity index (χ2n) is 3.13. The smallest absolute Gasteiger partial charge is 0.196 e. The molecule has 0 N–H and O–H groups in total. The Balaban J connectivity index is 2.40. The lowest BCUT2D eigenvalue weighted by molar-refractivity contribution is -0.114. The minimum absolute atomic E-state index is 0.185. The Morgan fingerprint density at radius 2 is 2.17 bits per heavy atom. The average molecular weight is 178 g/mol. The summed E-state index contributed by atoms with van der Waals surface area (Å²) in [6.07, 6.45) is 0.905. The van der Waals surface area contributed by atoms with Crippen LogP contribution in [-0.4, -0.2) is 5.12 Å². The van der Waals surface area contributed by atoms with Crippen molar-refractivity contribution in [2.45, 2.75) is 18.2 Å². The third-order valence-corrected chi connectivity index (χ3v) is 3.33. The van der Waals surface area contributed by atoms with E-state index in [1.807, 2.05) is 25.1 Å².